The highest BCUT2D eigenvalue weighted by molar-refractivity contribution is 5.52. The number of hydrogen-bond acceptors (Lipinski definition) is 4. The molecule has 0 radical (unpaired) electrons. The number of piperazine rings is 1. The van der Waals surface area contributed by atoms with Crippen molar-refractivity contribution in [2.24, 2.45) is 11.7 Å². The van der Waals surface area contributed by atoms with E-state index in [1.165, 1.54) is 43.7 Å². The molecule has 0 amide bonds. The standard InChI is InChI=1S/C14H22N4/c15-9-13-3-4-16-10-14(13)18-7-5-17(6-8-18)11-12-1-2-12/h3-4,10,12H,1-2,5-9,11,15H2. The maximum absolute atomic E-state index is 5.79. The van der Waals surface area contributed by atoms with Crippen LogP contribution in [0.15, 0.2) is 18.5 Å². The average Bonchev–Trinajstić information content (AvgIpc) is 3.24. The molecule has 0 atom stereocenters. The van der Waals surface area contributed by atoms with Gasteiger partial charge in [-0.1, -0.05) is 0 Å². The van der Waals surface area contributed by atoms with Crippen molar-refractivity contribution in [3.8, 4) is 0 Å². The zero-order valence-corrected chi connectivity index (χ0v) is 10.9. The van der Waals surface area contributed by atoms with Crippen molar-refractivity contribution in [3.63, 3.8) is 0 Å². The summed E-state index contributed by atoms with van der Waals surface area (Å²) >= 11 is 0. The second kappa shape index (κ2) is 5.24. The topological polar surface area (TPSA) is 45.4 Å². The summed E-state index contributed by atoms with van der Waals surface area (Å²) in [7, 11) is 0. The molecule has 2 heterocycles. The normalized spacial score (nSPS) is 21.3. The monoisotopic (exact) mass is 246 g/mol. The van der Waals surface area contributed by atoms with E-state index in [1.54, 1.807) is 0 Å². The van der Waals surface area contributed by atoms with E-state index in [0.717, 1.165) is 19.0 Å². The molecule has 2 N–H and O–H groups in total. The van der Waals surface area contributed by atoms with E-state index in [1.807, 2.05) is 18.5 Å². The number of rotatable bonds is 4. The molecule has 3 rings (SSSR count). The van der Waals surface area contributed by atoms with Crippen LogP contribution in [0, 0.1) is 5.92 Å². The van der Waals surface area contributed by atoms with E-state index in [0.29, 0.717) is 6.54 Å². The van der Waals surface area contributed by atoms with E-state index in [9.17, 15) is 0 Å². The largest absolute Gasteiger partial charge is 0.367 e. The van der Waals surface area contributed by atoms with Crippen molar-refractivity contribution >= 4 is 5.69 Å². The molecule has 1 aliphatic heterocycles. The molecule has 4 nitrogen and oxygen atoms in total. The fraction of sp³-hybridized carbons (Fsp3) is 0.643. The average molecular weight is 246 g/mol. The van der Waals surface area contributed by atoms with Gasteiger partial charge in [0.25, 0.3) is 0 Å². The predicted molar refractivity (Wildman–Crippen MR) is 73.5 cm³/mol. The Morgan fingerprint density at radius 2 is 2.00 bits per heavy atom. The quantitative estimate of drug-likeness (QED) is 0.863. The second-order valence-electron chi connectivity index (χ2n) is 5.44. The summed E-state index contributed by atoms with van der Waals surface area (Å²) in [6, 6.07) is 2.03. The van der Waals surface area contributed by atoms with E-state index in [-0.39, 0.29) is 0 Å². The van der Waals surface area contributed by atoms with Gasteiger partial charge < -0.3 is 10.6 Å². The predicted octanol–water partition coefficient (Wildman–Crippen LogP) is 1.07. The maximum Gasteiger partial charge on any atom is 0.0599 e. The first-order valence-corrected chi connectivity index (χ1v) is 6.97. The summed E-state index contributed by atoms with van der Waals surface area (Å²) in [5, 5.41) is 0. The Kier molecular flexibility index (Phi) is 3.48. The highest BCUT2D eigenvalue weighted by Crippen LogP contribution is 2.30. The van der Waals surface area contributed by atoms with Crippen molar-refractivity contribution in [1.29, 1.82) is 0 Å². The Morgan fingerprint density at radius 3 is 2.67 bits per heavy atom. The molecule has 2 fully saturated rings. The zero-order valence-electron chi connectivity index (χ0n) is 10.9. The third-order valence-corrected chi connectivity index (χ3v) is 4.03. The fourth-order valence-corrected chi connectivity index (χ4v) is 2.71. The number of anilines is 1. The molecule has 18 heavy (non-hydrogen) atoms. The summed E-state index contributed by atoms with van der Waals surface area (Å²) in [4.78, 5) is 9.27. The summed E-state index contributed by atoms with van der Waals surface area (Å²) in [6.07, 6.45) is 6.67. The number of nitrogens with two attached hydrogens (primary N) is 1. The van der Waals surface area contributed by atoms with Gasteiger partial charge in [0.2, 0.25) is 0 Å². The Morgan fingerprint density at radius 1 is 1.22 bits per heavy atom. The van der Waals surface area contributed by atoms with Crippen LogP contribution in [0.3, 0.4) is 0 Å². The molecule has 1 aromatic heterocycles. The van der Waals surface area contributed by atoms with Crippen LogP contribution in [0.5, 0.6) is 0 Å². The van der Waals surface area contributed by atoms with Gasteiger partial charge in [-0.25, -0.2) is 0 Å². The molecule has 4 heteroatoms. The van der Waals surface area contributed by atoms with Gasteiger partial charge >= 0.3 is 0 Å². The van der Waals surface area contributed by atoms with Crippen molar-refractivity contribution in [1.82, 2.24) is 9.88 Å². The third-order valence-electron chi connectivity index (χ3n) is 4.03. The minimum Gasteiger partial charge on any atom is -0.367 e. The molecule has 98 valence electrons. The van der Waals surface area contributed by atoms with Crippen LogP contribution in [0.4, 0.5) is 5.69 Å². The lowest BCUT2D eigenvalue weighted by Crippen LogP contribution is -2.47. The highest BCUT2D eigenvalue weighted by atomic mass is 15.3. The highest BCUT2D eigenvalue weighted by Gasteiger charge is 2.26. The lowest BCUT2D eigenvalue weighted by molar-refractivity contribution is 0.248. The molecule has 0 unspecified atom stereocenters. The van der Waals surface area contributed by atoms with Gasteiger partial charge in [0, 0.05) is 45.5 Å². The van der Waals surface area contributed by atoms with Gasteiger partial charge in [-0.3, -0.25) is 9.88 Å². The molecular formula is C14H22N4. The van der Waals surface area contributed by atoms with Crippen molar-refractivity contribution in [3.05, 3.63) is 24.0 Å². The first kappa shape index (κ1) is 11.9. The molecule has 1 saturated heterocycles. The molecule has 1 aliphatic carbocycles. The van der Waals surface area contributed by atoms with Gasteiger partial charge in [0.1, 0.15) is 0 Å². The van der Waals surface area contributed by atoms with Crippen LogP contribution in [-0.2, 0) is 6.54 Å². The number of pyridine rings is 1. The van der Waals surface area contributed by atoms with Crippen molar-refractivity contribution < 1.29 is 0 Å². The minimum absolute atomic E-state index is 0.597. The summed E-state index contributed by atoms with van der Waals surface area (Å²) in [6.45, 7) is 6.46. The molecule has 2 aliphatic rings. The van der Waals surface area contributed by atoms with Crippen molar-refractivity contribution in [2.75, 3.05) is 37.6 Å². The van der Waals surface area contributed by atoms with Crippen LogP contribution >= 0.6 is 0 Å². The number of aromatic nitrogens is 1. The van der Waals surface area contributed by atoms with E-state index >= 15 is 0 Å². The summed E-state index contributed by atoms with van der Waals surface area (Å²) in [5.74, 6) is 0.995. The molecule has 1 aromatic rings. The van der Waals surface area contributed by atoms with Gasteiger partial charge in [0.15, 0.2) is 0 Å². The van der Waals surface area contributed by atoms with E-state index in [2.05, 4.69) is 14.8 Å². The minimum atomic E-state index is 0.597. The van der Waals surface area contributed by atoms with Gasteiger partial charge in [0.05, 0.1) is 11.9 Å². The first-order chi connectivity index (χ1) is 8.86. The summed E-state index contributed by atoms with van der Waals surface area (Å²) < 4.78 is 0. The smallest absolute Gasteiger partial charge is 0.0599 e. The Balaban J connectivity index is 1.60. The Labute approximate surface area is 109 Å². The lowest BCUT2D eigenvalue weighted by Gasteiger charge is -2.36. The number of hydrogen-bond donors (Lipinski definition) is 1. The van der Waals surface area contributed by atoms with Crippen molar-refractivity contribution in [2.45, 2.75) is 19.4 Å². The third kappa shape index (κ3) is 2.65. The van der Waals surface area contributed by atoms with Crippen LogP contribution in [0.2, 0.25) is 0 Å². The fourth-order valence-electron chi connectivity index (χ4n) is 2.71. The second-order valence-corrected chi connectivity index (χ2v) is 5.44. The first-order valence-electron chi connectivity index (χ1n) is 6.97. The maximum atomic E-state index is 5.79. The van der Waals surface area contributed by atoms with Crippen LogP contribution in [0.25, 0.3) is 0 Å². The van der Waals surface area contributed by atoms with Crippen LogP contribution < -0.4 is 10.6 Å². The Bertz CT molecular complexity index is 395. The Hall–Kier alpha value is -1.13. The van der Waals surface area contributed by atoms with Crippen LogP contribution in [-0.4, -0.2) is 42.6 Å². The van der Waals surface area contributed by atoms with Gasteiger partial charge in [-0.05, 0) is 30.4 Å². The van der Waals surface area contributed by atoms with Gasteiger partial charge in [-0.15, -0.1) is 0 Å². The van der Waals surface area contributed by atoms with Gasteiger partial charge in [-0.2, -0.15) is 0 Å². The molecular weight excluding hydrogens is 224 g/mol. The van der Waals surface area contributed by atoms with Crippen LogP contribution in [0.1, 0.15) is 18.4 Å². The number of nitrogens with zero attached hydrogens (tertiary/aromatic N) is 3. The molecule has 0 aromatic carbocycles. The zero-order chi connectivity index (χ0) is 12.4. The lowest BCUT2D eigenvalue weighted by atomic mass is 10.2. The SMILES string of the molecule is NCc1ccncc1N1CCN(CC2CC2)CC1. The summed E-state index contributed by atoms with van der Waals surface area (Å²) in [5.41, 5.74) is 8.23. The molecule has 0 bridgehead atoms. The molecule has 0 spiro atoms. The van der Waals surface area contributed by atoms with E-state index in [4.69, 9.17) is 5.73 Å². The van der Waals surface area contributed by atoms with E-state index < -0.39 is 0 Å². The molecule has 1 saturated carbocycles.